The van der Waals surface area contributed by atoms with Crippen LogP contribution < -0.4 is 5.32 Å². The lowest BCUT2D eigenvalue weighted by Crippen LogP contribution is -2.47. The van der Waals surface area contributed by atoms with Crippen molar-refractivity contribution in [2.75, 3.05) is 6.54 Å². The summed E-state index contributed by atoms with van der Waals surface area (Å²) in [6.07, 6.45) is 2.50. The van der Waals surface area contributed by atoms with Gasteiger partial charge < -0.3 is 15.3 Å². The first kappa shape index (κ1) is 15.8. The zero-order valence-electron chi connectivity index (χ0n) is 12.5. The van der Waals surface area contributed by atoms with Crippen molar-refractivity contribution in [3.63, 3.8) is 0 Å². The number of thiophene rings is 1. The van der Waals surface area contributed by atoms with E-state index in [-0.39, 0.29) is 24.5 Å². The molecule has 2 heterocycles. The van der Waals surface area contributed by atoms with Gasteiger partial charge in [-0.3, -0.25) is 4.79 Å². The summed E-state index contributed by atoms with van der Waals surface area (Å²) in [5, 5.41) is 11.9. The van der Waals surface area contributed by atoms with Crippen molar-refractivity contribution in [1.82, 2.24) is 10.2 Å². The van der Waals surface area contributed by atoms with Crippen LogP contribution in [0.5, 0.6) is 0 Å². The van der Waals surface area contributed by atoms with Crippen LogP contribution in [0.1, 0.15) is 35.9 Å². The predicted molar refractivity (Wildman–Crippen MR) is 82.7 cm³/mol. The third-order valence-electron chi connectivity index (χ3n) is 3.72. The summed E-state index contributed by atoms with van der Waals surface area (Å²) in [5.74, 6) is -0.846. The van der Waals surface area contributed by atoms with Gasteiger partial charge in [-0.05, 0) is 38.8 Å². The summed E-state index contributed by atoms with van der Waals surface area (Å²) < 4.78 is 0. The van der Waals surface area contributed by atoms with Crippen LogP contribution in [0.2, 0.25) is 0 Å². The summed E-state index contributed by atoms with van der Waals surface area (Å²) in [6.45, 7) is 4.70. The first-order chi connectivity index (χ1) is 9.95. The SMILES string of the molecule is Cc1ccc(CC(C)NC(=O)N2CCCC2CC(=O)O)s1. The minimum absolute atomic E-state index is 0.0337. The summed E-state index contributed by atoms with van der Waals surface area (Å²) in [4.78, 5) is 27.3. The molecule has 0 aliphatic carbocycles. The van der Waals surface area contributed by atoms with Gasteiger partial charge in [0.25, 0.3) is 0 Å². The molecule has 1 aliphatic rings. The molecule has 6 heteroatoms. The van der Waals surface area contributed by atoms with Crippen LogP contribution in [0.4, 0.5) is 4.79 Å². The largest absolute Gasteiger partial charge is 0.481 e. The molecule has 21 heavy (non-hydrogen) atoms. The van der Waals surface area contributed by atoms with Crippen molar-refractivity contribution in [2.45, 2.75) is 51.6 Å². The van der Waals surface area contributed by atoms with Crippen molar-refractivity contribution < 1.29 is 14.7 Å². The number of rotatable bonds is 5. The zero-order valence-corrected chi connectivity index (χ0v) is 13.3. The monoisotopic (exact) mass is 310 g/mol. The van der Waals surface area contributed by atoms with Crippen molar-refractivity contribution in [2.24, 2.45) is 0 Å². The van der Waals surface area contributed by atoms with E-state index in [9.17, 15) is 9.59 Å². The number of nitrogens with one attached hydrogen (secondary N) is 1. The second-order valence-electron chi connectivity index (χ2n) is 5.65. The Morgan fingerprint density at radius 3 is 2.90 bits per heavy atom. The molecule has 1 fully saturated rings. The second-order valence-corrected chi connectivity index (χ2v) is 7.03. The summed E-state index contributed by atoms with van der Waals surface area (Å²) in [5.41, 5.74) is 0. The highest BCUT2D eigenvalue weighted by molar-refractivity contribution is 7.11. The molecule has 1 aromatic rings. The summed E-state index contributed by atoms with van der Waals surface area (Å²) in [7, 11) is 0. The van der Waals surface area contributed by atoms with Crippen molar-refractivity contribution in [3.8, 4) is 0 Å². The molecule has 116 valence electrons. The van der Waals surface area contributed by atoms with Gasteiger partial charge in [-0.15, -0.1) is 11.3 Å². The number of hydrogen-bond acceptors (Lipinski definition) is 3. The highest BCUT2D eigenvalue weighted by Gasteiger charge is 2.30. The molecule has 0 radical (unpaired) electrons. The van der Waals surface area contributed by atoms with Crippen LogP contribution in [-0.4, -0.2) is 40.6 Å². The predicted octanol–water partition coefficient (Wildman–Crippen LogP) is 2.64. The van der Waals surface area contributed by atoms with E-state index in [0.717, 1.165) is 19.3 Å². The number of carbonyl (C=O) groups is 2. The summed E-state index contributed by atoms with van der Waals surface area (Å²) in [6, 6.07) is 3.91. The minimum Gasteiger partial charge on any atom is -0.481 e. The molecule has 2 unspecified atom stereocenters. The highest BCUT2D eigenvalue weighted by Crippen LogP contribution is 2.21. The fourth-order valence-corrected chi connectivity index (χ4v) is 3.78. The van der Waals surface area contributed by atoms with Gasteiger partial charge >= 0.3 is 12.0 Å². The van der Waals surface area contributed by atoms with Gasteiger partial charge in [-0.2, -0.15) is 0 Å². The van der Waals surface area contributed by atoms with E-state index >= 15 is 0 Å². The summed E-state index contributed by atoms with van der Waals surface area (Å²) >= 11 is 1.74. The number of carbonyl (C=O) groups excluding carboxylic acids is 1. The molecule has 1 aliphatic heterocycles. The van der Waals surface area contributed by atoms with Crippen molar-refractivity contribution >= 4 is 23.3 Å². The Bertz CT molecular complexity index is 515. The Morgan fingerprint density at radius 1 is 1.52 bits per heavy atom. The van der Waals surface area contributed by atoms with Gasteiger partial charge in [-0.1, -0.05) is 0 Å². The quantitative estimate of drug-likeness (QED) is 0.878. The number of amides is 2. The minimum atomic E-state index is -0.846. The molecule has 0 spiro atoms. The molecular formula is C15H22N2O3S. The molecule has 2 atom stereocenters. The lowest BCUT2D eigenvalue weighted by molar-refractivity contribution is -0.137. The number of hydrogen-bond donors (Lipinski definition) is 2. The van der Waals surface area contributed by atoms with Gasteiger partial charge in [-0.25, -0.2) is 4.79 Å². The number of aryl methyl sites for hydroxylation is 1. The average Bonchev–Trinajstić information content (AvgIpc) is 2.97. The molecule has 1 saturated heterocycles. The van der Waals surface area contributed by atoms with Gasteiger partial charge in [0.2, 0.25) is 0 Å². The number of carboxylic acid groups (broad SMARTS) is 1. The number of carboxylic acids is 1. The van der Waals surface area contributed by atoms with E-state index in [1.165, 1.54) is 9.75 Å². The molecule has 2 N–H and O–H groups in total. The lowest BCUT2D eigenvalue weighted by Gasteiger charge is -2.25. The first-order valence-corrected chi connectivity index (χ1v) is 8.11. The Labute approximate surface area is 129 Å². The lowest BCUT2D eigenvalue weighted by atomic mass is 10.1. The van der Waals surface area contributed by atoms with Crippen LogP contribution in [-0.2, 0) is 11.2 Å². The smallest absolute Gasteiger partial charge is 0.317 e. The molecule has 2 rings (SSSR count). The Balaban J connectivity index is 1.86. The van der Waals surface area contributed by atoms with E-state index in [2.05, 4.69) is 24.4 Å². The average molecular weight is 310 g/mol. The third kappa shape index (κ3) is 4.46. The van der Waals surface area contributed by atoms with Crippen LogP contribution in [0, 0.1) is 6.92 Å². The Kier molecular flexibility index (Phi) is 5.22. The van der Waals surface area contributed by atoms with E-state index in [1.54, 1.807) is 16.2 Å². The first-order valence-electron chi connectivity index (χ1n) is 7.30. The van der Waals surface area contributed by atoms with Gasteiger partial charge in [0, 0.05) is 34.8 Å². The zero-order chi connectivity index (χ0) is 15.4. The van der Waals surface area contributed by atoms with E-state index in [1.807, 2.05) is 6.92 Å². The topological polar surface area (TPSA) is 69.6 Å². The van der Waals surface area contributed by atoms with Crippen LogP contribution >= 0.6 is 11.3 Å². The van der Waals surface area contributed by atoms with Crippen LogP contribution in [0.3, 0.4) is 0 Å². The van der Waals surface area contributed by atoms with E-state index in [0.29, 0.717) is 6.54 Å². The normalized spacial score (nSPS) is 19.5. The second kappa shape index (κ2) is 6.93. The maximum absolute atomic E-state index is 12.3. The number of nitrogens with zero attached hydrogens (tertiary/aromatic N) is 1. The number of likely N-dealkylation sites (tertiary alicyclic amines) is 1. The van der Waals surface area contributed by atoms with Crippen LogP contribution in [0.25, 0.3) is 0 Å². The number of urea groups is 1. The highest BCUT2D eigenvalue weighted by atomic mass is 32.1. The van der Waals surface area contributed by atoms with Gasteiger partial charge in [0.05, 0.1) is 6.42 Å². The Morgan fingerprint density at radius 2 is 2.29 bits per heavy atom. The fraction of sp³-hybridized carbons (Fsp3) is 0.600. The van der Waals surface area contributed by atoms with Crippen molar-refractivity contribution in [1.29, 1.82) is 0 Å². The fourth-order valence-electron chi connectivity index (χ4n) is 2.76. The van der Waals surface area contributed by atoms with Gasteiger partial charge in [0.15, 0.2) is 0 Å². The van der Waals surface area contributed by atoms with Gasteiger partial charge in [0.1, 0.15) is 0 Å². The molecule has 0 aromatic carbocycles. The number of aliphatic carboxylic acids is 1. The molecule has 2 amide bonds. The van der Waals surface area contributed by atoms with Crippen LogP contribution in [0.15, 0.2) is 12.1 Å². The molecule has 1 aromatic heterocycles. The van der Waals surface area contributed by atoms with E-state index in [4.69, 9.17) is 5.11 Å². The molecule has 0 bridgehead atoms. The third-order valence-corrected chi connectivity index (χ3v) is 4.74. The Hall–Kier alpha value is -1.56. The van der Waals surface area contributed by atoms with Crippen molar-refractivity contribution in [3.05, 3.63) is 21.9 Å². The molecule has 5 nitrogen and oxygen atoms in total. The maximum Gasteiger partial charge on any atom is 0.317 e. The van der Waals surface area contributed by atoms with E-state index < -0.39 is 5.97 Å². The standard InChI is InChI=1S/C15H22N2O3S/c1-10(8-13-6-5-11(2)21-13)16-15(20)17-7-3-4-12(17)9-14(18)19/h5-6,10,12H,3-4,7-9H2,1-2H3,(H,16,20)(H,18,19). The maximum atomic E-state index is 12.3. The molecule has 0 saturated carbocycles. The molecular weight excluding hydrogens is 288 g/mol.